The van der Waals surface area contributed by atoms with Crippen LogP contribution < -0.4 is 10.5 Å². The molecule has 0 saturated carbocycles. The summed E-state index contributed by atoms with van der Waals surface area (Å²) in [5.74, 6) is -0.0986. The van der Waals surface area contributed by atoms with Gasteiger partial charge >= 0.3 is 5.97 Å². The van der Waals surface area contributed by atoms with Crippen LogP contribution in [0.15, 0.2) is 48.5 Å². The standard InChI is InChI=1S/C21H24N2O3/c1-23-18-11-7-16(8-12-18)17-9-13-19(14-10-17)26-15-5-3-2-4-6-20(22)21(24)25/h7-14,20H,2-6,15,22H2,(H,24,25). The quantitative estimate of drug-likeness (QED) is 0.482. The lowest BCUT2D eigenvalue weighted by Gasteiger charge is -2.08. The van der Waals surface area contributed by atoms with E-state index in [-0.39, 0.29) is 0 Å². The minimum absolute atomic E-state index is 0.522. The number of aliphatic carboxylic acids is 1. The lowest BCUT2D eigenvalue weighted by molar-refractivity contribution is -0.138. The van der Waals surface area contributed by atoms with Gasteiger partial charge in [-0.3, -0.25) is 4.79 Å². The maximum absolute atomic E-state index is 10.6. The lowest BCUT2D eigenvalue weighted by atomic mass is 10.1. The second-order valence-electron chi connectivity index (χ2n) is 6.18. The van der Waals surface area contributed by atoms with Crippen molar-refractivity contribution in [2.45, 2.75) is 38.1 Å². The number of rotatable bonds is 10. The molecule has 1 atom stereocenters. The monoisotopic (exact) mass is 352 g/mol. The number of carbonyl (C=O) groups is 1. The highest BCUT2D eigenvalue weighted by Crippen LogP contribution is 2.24. The van der Waals surface area contributed by atoms with Gasteiger partial charge in [0.2, 0.25) is 0 Å². The highest BCUT2D eigenvalue weighted by molar-refractivity contribution is 5.72. The fourth-order valence-corrected chi connectivity index (χ4v) is 2.61. The Hall–Kier alpha value is -2.84. The Bertz CT molecular complexity index is 733. The van der Waals surface area contributed by atoms with E-state index in [1.54, 1.807) is 0 Å². The highest BCUT2D eigenvalue weighted by atomic mass is 16.5. The first kappa shape index (κ1) is 19.5. The van der Waals surface area contributed by atoms with Crippen molar-refractivity contribution in [3.8, 4) is 16.9 Å². The third-order valence-electron chi connectivity index (χ3n) is 4.18. The van der Waals surface area contributed by atoms with E-state index < -0.39 is 12.0 Å². The summed E-state index contributed by atoms with van der Waals surface area (Å²) in [6.45, 7) is 7.62. The summed E-state index contributed by atoms with van der Waals surface area (Å²) in [5, 5.41) is 8.71. The second-order valence-corrected chi connectivity index (χ2v) is 6.18. The maximum Gasteiger partial charge on any atom is 0.320 e. The Morgan fingerprint density at radius 3 is 2.15 bits per heavy atom. The number of ether oxygens (including phenoxy) is 1. The largest absolute Gasteiger partial charge is 0.494 e. The van der Waals surface area contributed by atoms with E-state index in [0.29, 0.717) is 18.7 Å². The molecule has 0 aliphatic carbocycles. The van der Waals surface area contributed by atoms with Gasteiger partial charge in [-0.15, -0.1) is 0 Å². The van der Waals surface area contributed by atoms with Crippen LogP contribution in [0.4, 0.5) is 5.69 Å². The van der Waals surface area contributed by atoms with Gasteiger partial charge in [0.25, 0.3) is 0 Å². The van der Waals surface area contributed by atoms with E-state index in [0.717, 1.165) is 42.6 Å². The summed E-state index contributed by atoms with van der Waals surface area (Å²) in [7, 11) is 0. The van der Waals surface area contributed by atoms with Gasteiger partial charge in [-0.25, -0.2) is 4.85 Å². The number of carboxylic acid groups (broad SMARTS) is 1. The summed E-state index contributed by atoms with van der Waals surface area (Å²) in [6, 6.07) is 14.7. The average Bonchev–Trinajstić information content (AvgIpc) is 2.67. The first-order valence-corrected chi connectivity index (χ1v) is 8.79. The second kappa shape index (κ2) is 10.2. The molecule has 1 unspecified atom stereocenters. The topological polar surface area (TPSA) is 76.9 Å². The molecular formula is C21H24N2O3. The smallest absolute Gasteiger partial charge is 0.320 e. The van der Waals surface area contributed by atoms with E-state index in [4.69, 9.17) is 22.1 Å². The van der Waals surface area contributed by atoms with Crippen LogP contribution in [0.25, 0.3) is 16.0 Å². The van der Waals surface area contributed by atoms with Crippen molar-refractivity contribution in [2.24, 2.45) is 5.73 Å². The van der Waals surface area contributed by atoms with Gasteiger partial charge in [0, 0.05) is 0 Å². The summed E-state index contributed by atoms with van der Waals surface area (Å²) >= 11 is 0. The molecule has 136 valence electrons. The number of hydrogen-bond acceptors (Lipinski definition) is 3. The van der Waals surface area contributed by atoms with Crippen LogP contribution in [0, 0.1) is 6.57 Å². The lowest BCUT2D eigenvalue weighted by Crippen LogP contribution is -2.29. The Morgan fingerprint density at radius 2 is 1.58 bits per heavy atom. The van der Waals surface area contributed by atoms with Gasteiger partial charge in [-0.2, -0.15) is 0 Å². The molecule has 3 N–H and O–H groups in total. The molecule has 0 bridgehead atoms. The fraction of sp³-hybridized carbons (Fsp3) is 0.333. The Balaban J connectivity index is 1.67. The Kier molecular flexibility index (Phi) is 7.66. The summed E-state index contributed by atoms with van der Waals surface area (Å²) in [5.41, 5.74) is 8.26. The normalized spacial score (nSPS) is 11.5. The molecule has 2 aromatic rings. The van der Waals surface area contributed by atoms with Crippen molar-refractivity contribution in [1.29, 1.82) is 0 Å². The van der Waals surface area contributed by atoms with E-state index in [1.165, 1.54) is 0 Å². The van der Waals surface area contributed by atoms with Gasteiger partial charge < -0.3 is 15.6 Å². The third kappa shape index (κ3) is 6.23. The molecule has 5 nitrogen and oxygen atoms in total. The van der Waals surface area contributed by atoms with Crippen LogP contribution in [0.3, 0.4) is 0 Å². The van der Waals surface area contributed by atoms with Gasteiger partial charge in [0.05, 0.1) is 13.2 Å². The van der Waals surface area contributed by atoms with Crippen molar-refractivity contribution < 1.29 is 14.6 Å². The van der Waals surface area contributed by atoms with Crippen molar-refractivity contribution in [3.63, 3.8) is 0 Å². The van der Waals surface area contributed by atoms with E-state index in [1.807, 2.05) is 48.5 Å². The third-order valence-corrected chi connectivity index (χ3v) is 4.18. The Labute approximate surface area is 154 Å². The zero-order valence-corrected chi connectivity index (χ0v) is 14.7. The van der Waals surface area contributed by atoms with Crippen LogP contribution in [-0.4, -0.2) is 23.7 Å². The molecule has 0 saturated heterocycles. The molecule has 2 aromatic carbocycles. The molecule has 0 fully saturated rings. The van der Waals surface area contributed by atoms with Crippen molar-refractivity contribution >= 4 is 11.7 Å². The van der Waals surface area contributed by atoms with E-state index in [9.17, 15) is 4.79 Å². The zero-order valence-electron chi connectivity index (χ0n) is 14.7. The molecule has 0 heterocycles. The van der Waals surface area contributed by atoms with Gasteiger partial charge in [-0.1, -0.05) is 55.7 Å². The van der Waals surface area contributed by atoms with Gasteiger partial charge in [-0.05, 0) is 36.1 Å². The van der Waals surface area contributed by atoms with Crippen LogP contribution in [0.5, 0.6) is 5.75 Å². The van der Waals surface area contributed by atoms with Crippen LogP contribution in [0.1, 0.15) is 32.1 Å². The minimum Gasteiger partial charge on any atom is -0.494 e. The SMILES string of the molecule is [C-]#[N+]c1ccc(-c2ccc(OCCCCCCC(N)C(=O)O)cc2)cc1. The number of unbranched alkanes of at least 4 members (excludes halogenated alkanes) is 3. The molecule has 26 heavy (non-hydrogen) atoms. The zero-order chi connectivity index (χ0) is 18.8. The number of nitrogens with zero attached hydrogens (tertiary/aromatic N) is 1. The van der Waals surface area contributed by atoms with Crippen LogP contribution in [-0.2, 0) is 4.79 Å². The molecule has 0 aliphatic rings. The molecule has 2 rings (SSSR count). The predicted molar refractivity (Wildman–Crippen MR) is 102 cm³/mol. The molecule has 0 spiro atoms. The number of carboxylic acids is 1. The molecule has 5 heteroatoms. The van der Waals surface area contributed by atoms with Crippen molar-refractivity contribution in [2.75, 3.05) is 6.61 Å². The maximum atomic E-state index is 10.6. The molecular weight excluding hydrogens is 328 g/mol. The van der Waals surface area contributed by atoms with Crippen LogP contribution in [0.2, 0.25) is 0 Å². The molecule has 0 amide bonds. The molecule has 0 radical (unpaired) electrons. The summed E-state index contributed by atoms with van der Waals surface area (Å²) in [4.78, 5) is 14.0. The van der Waals surface area contributed by atoms with E-state index >= 15 is 0 Å². The average molecular weight is 352 g/mol. The van der Waals surface area contributed by atoms with Crippen molar-refractivity contribution in [3.05, 3.63) is 59.9 Å². The first-order chi connectivity index (χ1) is 12.6. The van der Waals surface area contributed by atoms with Gasteiger partial charge in [0.1, 0.15) is 11.8 Å². The van der Waals surface area contributed by atoms with E-state index in [2.05, 4.69) is 4.85 Å². The number of nitrogens with two attached hydrogens (primary N) is 1. The predicted octanol–water partition coefficient (Wildman–Crippen LogP) is 4.65. The molecule has 0 aliphatic heterocycles. The number of benzene rings is 2. The fourth-order valence-electron chi connectivity index (χ4n) is 2.61. The Morgan fingerprint density at radius 1 is 1.00 bits per heavy atom. The van der Waals surface area contributed by atoms with Crippen molar-refractivity contribution in [1.82, 2.24) is 0 Å². The molecule has 0 aromatic heterocycles. The number of hydrogen-bond donors (Lipinski definition) is 2. The van der Waals surface area contributed by atoms with Gasteiger partial charge in [0.15, 0.2) is 5.69 Å². The summed E-state index contributed by atoms with van der Waals surface area (Å²) < 4.78 is 5.74. The summed E-state index contributed by atoms with van der Waals surface area (Å²) in [6.07, 6.45) is 4.24. The minimum atomic E-state index is -0.931. The highest BCUT2D eigenvalue weighted by Gasteiger charge is 2.09. The first-order valence-electron chi connectivity index (χ1n) is 8.79. The van der Waals surface area contributed by atoms with Crippen LogP contribution >= 0.6 is 0 Å².